The second kappa shape index (κ2) is 6.37. The molecule has 23 heavy (non-hydrogen) atoms. The Labute approximate surface area is 134 Å². The van der Waals surface area contributed by atoms with Crippen LogP contribution in [0.1, 0.15) is 31.1 Å². The molecule has 1 heterocycles. The Hall–Kier alpha value is -2.41. The number of aliphatic hydroxyl groups is 1. The molecule has 0 aromatic heterocycles. The van der Waals surface area contributed by atoms with Crippen LogP contribution in [0, 0.1) is 0 Å². The maximum atomic E-state index is 12.0. The first-order valence-corrected chi connectivity index (χ1v) is 7.26. The fourth-order valence-electron chi connectivity index (χ4n) is 2.23. The summed E-state index contributed by atoms with van der Waals surface area (Å²) in [6.45, 7) is 4.47. The second-order valence-electron chi connectivity index (χ2n) is 6.02. The summed E-state index contributed by atoms with van der Waals surface area (Å²) in [5.74, 6) is 0.0664. The van der Waals surface area contributed by atoms with Crippen LogP contribution in [-0.2, 0) is 4.79 Å². The number of urea groups is 1. The van der Waals surface area contributed by atoms with Crippen molar-refractivity contribution in [2.45, 2.75) is 32.4 Å². The molecule has 7 nitrogen and oxygen atoms in total. The lowest BCUT2D eigenvalue weighted by Crippen LogP contribution is -2.42. The maximum Gasteiger partial charge on any atom is 0.325 e. The first-order valence-electron chi connectivity index (χ1n) is 7.26. The number of ether oxygens (including phenoxy) is 1. The van der Waals surface area contributed by atoms with Crippen LogP contribution >= 0.6 is 0 Å². The second-order valence-corrected chi connectivity index (χ2v) is 6.02. The van der Waals surface area contributed by atoms with Gasteiger partial charge >= 0.3 is 6.03 Å². The lowest BCUT2D eigenvalue weighted by molar-refractivity contribution is -0.131. The zero-order valence-corrected chi connectivity index (χ0v) is 13.3. The van der Waals surface area contributed by atoms with E-state index in [1.54, 1.807) is 38.1 Å². The number of β-amino-alcohol motifs (C(OH)–C–C–N with tert-alkyl or cyclic N) is 1. The molecular weight excluding hydrogens is 300 g/mol. The van der Waals surface area contributed by atoms with Gasteiger partial charge < -0.3 is 15.2 Å². The number of ketones is 1. The molecule has 1 aromatic carbocycles. The van der Waals surface area contributed by atoms with E-state index in [0.29, 0.717) is 11.3 Å². The average molecular weight is 320 g/mol. The Bertz CT molecular complexity index is 624. The van der Waals surface area contributed by atoms with E-state index < -0.39 is 17.7 Å². The Morgan fingerprint density at radius 1 is 1.30 bits per heavy atom. The molecule has 2 rings (SSSR count). The van der Waals surface area contributed by atoms with E-state index >= 15 is 0 Å². The van der Waals surface area contributed by atoms with E-state index in [-0.39, 0.29) is 24.8 Å². The van der Waals surface area contributed by atoms with Crippen molar-refractivity contribution in [3.63, 3.8) is 0 Å². The van der Waals surface area contributed by atoms with Gasteiger partial charge in [-0.3, -0.25) is 14.5 Å². The summed E-state index contributed by atoms with van der Waals surface area (Å²) in [4.78, 5) is 35.9. The van der Waals surface area contributed by atoms with Gasteiger partial charge in [-0.15, -0.1) is 0 Å². The van der Waals surface area contributed by atoms with Crippen molar-refractivity contribution in [3.05, 3.63) is 29.8 Å². The van der Waals surface area contributed by atoms with Gasteiger partial charge in [-0.2, -0.15) is 0 Å². The molecule has 124 valence electrons. The van der Waals surface area contributed by atoms with Crippen LogP contribution in [0.15, 0.2) is 24.3 Å². The van der Waals surface area contributed by atoms with Crippen molar-refractivity contribution in [2.24, 2.45) is 0 Å². The van der Waals surface area contributed by atoms with Gasteiger partial charge in [0.1, 0.15) is 24.0 Å². The topological polar surface area (TPSA) is 95.9 Å². The average Bonchev–Trinajstić information content (AvgIpc) is 2.67. The predicted molar refractivity (Wildman–Crippen MR) is 82.3 cm³/mol. The van der Waals surface area contributed by atoms with Gasteiger partial charge in [0.25, 0.3) is 5.91 Å². The van der Waals surface area contributed by atoms with Gasteiger partial charge in [0.05, 0.1) is 6.54 Å². The number of carbonyl (C=O) groups excluding carboxylic acids is 3. The highest BCUT2D eigenvalue weighted by Gasteiger charge is 2.44. The number of benzene rings is 1. The first kappa shape index (κ1) is 17.0. The zero-order chi connectivity index (χ0) is 17.2. The monoisotopic (exact) mass is 320 g/mol. The van der Waals surface area contributed by atoms with Gasteiger partial charge in [-0.25, -0.2) is 4.79 Å². The predicted octanol–water partition coefficient (Wildman–Crippen LogP) is 0.959. The third-order valence-electron chi connectivity index (χ3n) is 3.54. The zero-order valence-electron chi connectivity index (χ0n) is 13.3. The minimum atomic E-state index is -1.01. The number of Topliss-reactive ketones (excluding diaryl/α,β-unsaturated/α-hetero) is 1. The highest BCUT2D eigenvalue weighted by Crippen LogP contribution is 2.17. The summed E-state index contributed by atoms with van der Waals surface area (Å²) in [5.41, 5.74) is -0.389. The molecular formula is C16H20N2O5. The summed E-state index contributed by atoms with van der Waals surface area (Å²) in [7, 11) is 0. The number of aliphatic hydroxyl groups excluding tert-OH is 1. The lowest BCUT2D eigenvalue weighted by atomic mass is 10.1. The number of carbonyl (C=O) groups is 3. The molecule has 0 spiro atoms. The summed E-state index contributed by atoms with van der Waals surface area (Å²) >= 11 is 0. The molecule has 0 saturated carbocycles. The Balaban J connectivity index is 1.88. The molecule has 1 aliphatic heterocycles. The van der Waals surface area contributed by atoms with Crippen molar-refractivity contribution in [3.8, 4) is 5.75 Å². The summed E-state index contributed by atoms with van der Waals surface area (Å²) in [6, 6.07) is 5.99. The van der Waals surface area contributed by atoms with Crippen molar-refractivity contribution in [1.82, 2.24) is 10.2 Å². The normalized spacial score (nSPS) is 17.8. The number of hydrogen-bond acceptors (Lipinski definition) is 5. The summed E-state index contributed by atoms with van der Waals surface area (Å²) in [6.07, 6.45) is -1.01. The van der Waals surface area contributed by atoms with Gasteiger partial charge in [-0.1, -0.05) is 0 Å². The highest BCUT2D eigenvalue weighted by molar-refractivity contribution is 6.06. The van der Waals surface area contributed by atoms with Crippen molar-refractivity contribution in [1.29, 1.82) is 0 Å². The Morgan fingerprint density at radius 2 is 1.91 bits per heavy atom. The van der Waals surface area contributed by atoms with Crippen molar-refractivity contribution in [2.75, 3.05) is 13.2 Å². The number of amides is 3. The molecule has 0 aliphatic carbocycles. The molecule has 2 N–H and O–H groups in total. The quantitative estimate of drug-likeness (QED) is 0.601. The third kappa shape index (κ3) is 3.87. The standard InChI is InChI=1S/C16H20N2O5/c1-10(19)11-4-6-13(7-5-11)23-9-12(20)8-18-14(21)16(2,3)17-15(18)22/h4-7,12,20H,8-9H2,1-3H3,(H,17,22)/t12-/m0/s1. The van der Waals surface area contributed by atoms with E-state index in [4.69, 9.17) is 4.74 Å². The summed E-state index contributed by atoms with van der Waals surface area (Å²) < 4.78 is 5.40. The van der Waals surface area contributed by atoms with E-state index in [1.807, 2.05) is 0 Å². The minimum Gasteiger partial charge on any atom is -0.491 e. The molecule has 0 bridgehead atoms. The minimum absolute atomic E-state index is 0.0437. The molecule has 1 atom stereocenters. The lowest BCUT2D eigenvalue weighted by Gasteiger charge is -2.19. The van der Waals surface area contributed by atoms with E-state index in [0.717, 1.165) is 4.90 Å². The van der Waals surface area contributed by atoms with Crippen LogP contribution in [0.5, 0.6) is 5.75 Å². The number of imide groups is 1. The van der Waals surface area contributed by atoms with Gasteiger partial charge in [-0.05, 0) is 45.0 Å². The molecule has 3 amide bonds. The van der Waals surface area contributed by atoms with Gasteiger partial charge in [0, 0.05) is 5.56 Å². The fourth-order valence-corrected chi connectivity index (χ4v) is 2.23. The SMILES string of the molecule is CC(=O)c1ccc(OC[C@@H](O)CN2C(=O)NC(C)(C)C2=O)cc1. The van der Waals surface area contributed by atoms with E-state index in [2.05, 4.69) is 5.32 Å². The highest BCUT2D eigenvalue weighted by atomic mass is 16.5. The first-order chi connectivity index (χ1) is 10.7. The number of nitrogens with zero attached hydrogens (tertiary/aromatic N) is 1. The number of hydrogen-bond donors (Lipinski definition) is 2. The van der Waals surface area contributed by atoms with Crippen LogP contribution < -0.4 is 10.1 Å². The summed E-state index contributed by atoms with van der Waals surface area (Å²) in [5, 5.41) is 12.5. The maximum absolute atomic E-state index is 12.0. The van der Waals surface area contributed by atoms with Crippen LogP contribution in [0.3, 0.4) is 0 Å². The van der Waals surface area contributed by atoms with Crippen LogP contribution in [0.4, 0.5) is 4.79 Å². The largest absolute Gasteiger partial charge is 0.491 e. The molecule has 1 fully saturated rings. The van der Waals surface area contributed by atoms with E-state index in [1.165, 1.54) is 6.92 Å². The fraction of sp³-hybridized carbons (Fsp3) is 0.438. The molecule has 1 saturated heterocycles. The number of rotatable bonds is 6. The van der Waals surface area contributed by atoms with E-state index in [9.17, 15) is 19.5 Å². The third-order valence-corrected chi connectivity index (χ3v) is 3.54. The molecule has 0 radical (unpaired) electrons. The number of nitrogens with one attached hydrogen (secondary N) is 1. The molecule has 0 unspecified atom stereocenters. The molecule has 1 aliphatic rings. The van der Waals surface area contributed by atoms with Crippen molar-refractivity contribution >= 4 is 17.7 Å². The molecule has 7 heteroatoms. The van der Waals surface area contributed by atoms with Gasteiger partial charge in [0.15, 0.2) is 5.78 Å². The van der Waals surface area contributed by atoms with Crippen molar-refractivity contribution < 1.29 is 24.2 Å². The van der Waals surface area contributed by atoms with Crippen LogP contribution in [0.25, 0.3) is 0 Å². The Kier molecular flexibility index (Phi) is 4.70. The molecule has 1 aromatic rings. The smallest absolute Gasteiger partial charge is 0.325 e. The Morgan fingerprint density at radius 3 is 2.39 bits per heavy atom. The van der Waals surface area contributed by atoms with Crippen LogP contribution in [0.2, 0.25) is 0 Å². The van der Waals surface area contributed by atoms with Gasteiger partial charge in [0.2, 0.25) is 0 Å². The van der Waals surface area contributed by atoms with Crippen LogP contribution in [-0.4, -0.2) is 52.5 Å².